The summed E-state index contributed by atoms with van der Waals surface area (Å²) in [7, 11) is 1.49. The zero-order valence-corrected chi connectivity index (χ0v) is 16.4. The molecule has 1 rings (SSSR count). The number of hydrogen-bond acceptors (Lipinski definition) is 10. The number of hydrogen-bond donors (Lipinski definition) is 8. The average molecular weight is 425 g/mol. The minimum absolute atomic E-state index is 0.0344. The molecule has 1 saturated heterocycles. The maximum absolute atomic E-state index is 12.7. The molecule has 6 unspecified atom stereocenters. The Hall–Kier alpha value is -1.48. The fraction of sp³-hybridized carbons (Fsp3) is 0.800. The minimum Gasteiger partial charge on any atom is -0.480 e. The third kappa shape index (κ3) is 6.01. The second-order valence-corrected chi connectivity index (χ2v) is 7.23. The van der Waals surface area contributed by atoms with Gasteiger partial charge < -0.3 is 46.2 Å². The molecule has 28 heavy (non-hydrogen) atoms. The van der Waals surface area contributed by atoms with E-state index in [0.29, 0.717) is 0 Å². The largest absolute Gasteiger partial charge is 0.480 e. The van der Waals surface area contributed by atoms with Crippen molar-refractivity contribution in [3.05, 3.63) is 0 Å². The second-order valence-electron chi connectivity index (χ2n) is 6.31. The number of carboxylic acids is 1. The van der Waals surface area contributed by atoms with Crippen LogP contribution in [0, 0.1) is 0 Å². The number of aliphatic carboxylic acids is 1. The molecule has 0 bridgehead atoms. The maximum Gasteiger partial charge on any atom is 0.327 e. The number of thioether (sulfide) groups is 1. The molecule has 0 radical (unpaired) electrons. The van der Waals surface area contributed by atoms with E-state index in [9.17, 15) is 39.9 Å². The summed E-state index contributed by atoms with van der Waals surface area (Å²) in [6.07, 6.45) is -7.47. The van der Waals surface area contributed by atoms with Crippen molar-refractivity contribution in [3.8, 4) is 0 Å². The fourth-order valence-electron chi connectivity index (χ4n) is 2.47. The van der Waals surface area contributed by atoms with Crippen molar-refractivity contribution in [1.29, 1.82) is 0 Å². The molecule has 2 amide bonds. The van der Waals surface area contributed by atoms with Crippen LogP contribution in [0.1, 0.15) is 6.92 Å². The summed E-state index contributed by atoms with van der Waals surface area (Å²) in [5, 5.41) is 55.7. The lowest BCUT2D eigenvalue weighted by atomic mass is 9.93. The van der Waals surface area contributed by atoms with Gasteiger partial charge in [-0.3, -0.25) is 9.59 Å². The van der Waals surface area contributed by atoms with E-state index in [1.807, 2.05) is 0 Å². The number of rotatable bonds is 9. The lowest BCUT2D eigenvalue weighted by molar-refractivity contribution is -0.285. The summed E-state index contributed by atoms with van der Waals surface area (Å²) in [4.78, 5) is 36.2. The van der Waals surface area contributed by atoms with Crippen LogP contribution in [0.4, 0.5) is 0 Å². The Morgan fingerprint density at radius 1 is 1.04 bits per heavy atom. The number of carbonyl (C=O) groups is 3. The number of carbonyl (C=O) groups excluding carboxylic acids is 2. The van der Waals surface area contributed by atoms with Crippen LogP contribution in [0.2, 0.25) is 0 Å². The van der Waals surface area contributed by atoms with E-state index in [2.05, 4.69) is 16.0 Å². The highest BCUT2D eigenvalue weighted by Crippen LogP contribution is 2.22. The van der Waals surface area contributed by atoms with Gasteiger partial charge in [-0.25, -0.2) is 4.79 Å². The molecule has 0 aromatic carbocycles. The monoisotopic (exact) mass is 425 g/mol. The van der Waals surface area contributed by atoms with Gasteiger partial charge in [0, 0.05) is 5.75 Å². The SMILES string of the molecule is CN[C@@H](C)C(=O)NC(C(=O)N[C@@H](CSC)C(=O)O)C1OC(O)C(O)C(O)C1O. The first-order valence-electron chi connectivity index (χ1n) is 8.42. The Labute approximate surface area is 165 Å². The highest BCUT2D eigenvalue weighted by molar-refractivity contribution is 7.98. The fourth-order valence-corrected chi connectivity index (χ4v) is 3.03. The Morgan fingerprint density at radius 3 is 2.14 bits per heavy atom. The van der Waals surface area contributed by atoms with Crippen molar-refractivity contribution in [2.45, 2.75) is 55.8 Å². The van der Waals surface area contributed by atoms with Crippen LogP contribution >= 0.6 is 11.8 Å². The molecule has 1 aliphatic heterocycles. The van der Waals surface area contributed by atoms with Gasteiger partial charge in [0.1, 0.15) is 36.5 Å². The van der Waals surface area contributed by atoms with Crippen LogP contribution in [0.25, 0.3) is 0 Å². The van der Waals surface area contributed by atoms with Crippen molar-refractivity contribution in [1.82, 2.24) is 16.0 Å². The van der Waals surface area contributed by atoms with Gasteiger partial charge >= 0.3 is 5.97 Å². The molecule has 1 heterocycles. The molecular formula is C15H27N3O9S. The average Bonchev–Trinajstić information content (AvgIpc) is 2.65. The van der Waals surface area contributed by atoms with E-state index in [0.717, 1.165) is 11.8 Å². The van der Waals surface area contributed by atoms with Gasteiger partial charge in [-0.2, -0.15) is 11.8 Å². The van der Waals surface area contributed by atoms with Crippen LogP contribution in [0.3, 0.4) is 0 Å². The van der Waals surface area contributed by atoms with Gasteiger partial charge in [-0.1, -0.05) is 0 Å². The zero-order chi connectivity index (χ0) is 21.6. The van der Waals surface area contributed by atoms with Gasteiger partial charge in [0.2, 0.25) is 11.8 Å². The van der Waals surface area contributed by atoms with Crippen molar-refractivity contribution in [2.75, 3.05) is 19.1 Å². The first-order chi connectivity index (χ1) is 13.0. The highest BCUT2D eigenvalue weighted by Gasteiger charge is 2.49. The van der Waals surface area contributed by atoms with Crippen LogP contribution in [0.15, 0.2) is 0 Å². The van der Waals surface area contributed by atoms with E-state index in [1.165, 1.54) is 14.0 Å². The first kappa shape index (κ1) is 24.6. The number of nitrogens with one attached hydrogen (secondary N) is 3. The lowest BCUT2D eigenvalue weighted by Gasteiger charge is -2.41. The summed E-state index contributed by atoms with van der Waals surface area (Å²) in [5.41, 5.74) is 0. The van der Waals surface area contributed by atoms with Gasteiger partial charge in [-0.05, 0) is 20.2 Å². The van der Waals surface area contributed by atoms with Crippen LogP contribution in [-0.2, 0) is 19.1 Å². The van der Waals surface area contributed by atoms with Crippen LogP contribution < -0.4 is 16.0 Å². The predicted octanol–water partition coefficient (Wildman–Crippen LogP) is -4.19. The first-order valence-corrected chi connectivity index (χ1v) is 9.82. The molecule has 0 aromatic rings. The molecule has 1 fully saturated rings. The summed E-state index contributed by atoms with van der Waals surface area (Å²) >= 11 is 1.16. The van der Waals surface area contributed by atoms with E-state index >= 15 is 0 Å². The molecule has 162 valence electrons. The van der Waals surface area contributed by atoms with Gasteiger partial charge in [-0.15, -0.1) is 0 Å². The van der Waals surface area contributed by atoms with Crippen molar-refractivity contribution >= 4 is 29.5 Å². The minimum atomic E-state index is -1.93. The van der Waals surface area contributed by atoms with Gasteiger partial charge in [0.05, 0.1) is 6.04 Å². The zero-order valence-electron chi connectivity index (χ0n) is 15.6. The summed E-state index contributed by atoms with van der Waals surface area (Å²) in [6, 6.07) is -3.69. The molecule has 0 aromatic heterocycles. The molecular weight excluding hydrogens is 398 g/mol. The smallest absolute Gasteiger partial charge is 0.327 e. The normalized spacial score (nSPS) is 30.8. The van der Waals surface area contributed by atoms with Crippen molar-refractivity contribution < 1.29 is 44.7 Å². The molecule has 8 atom stereocenters. The Balaban J connectivity index is 3.12. The number of ether oxygens (including phenoxy) is 1. The topological polar surface area (TPSA) is 198 Å². The summed E-state index contributed by atoms with van der Waals surface area (Å²) in [5.74, 6) is -2.95. The molecule has 0 saturated carbocycles. The third-order valence-electron chi connectivity index (χ3n) is 4.31. The number of aliphatic hydroxyl groups excluding tert-OH is 4. The maximum atomic E-state index is 12.7. The quantitative estimate of drug-likeness (QED) is 0.178. The molecule has 0 spiro atoms. The van der Waals surface area contributed by atoms with Crippen molar-refractivity contribution in [3.63, 3.8) is 0 Å². The lowest BCUT2D eigenvalue weighted by Crippen LogP contribution is -2.67. The Kier molecular flexibility index (Phi) is 9.56. The summed E-state index contributed by atoms with van der Waals surface area (Å²) in [6.45, 7) is 1.49. The Bertz CT molecular complexity index is 567. The van der Waals surface area contributed by atoms with Crippen LogP contribution in [0.5, 0.6) is 0 Å². The second kappa shape index (κ2) is 10.9. The van der Waals surface area contributed by atoms with Crippen LogP contribution in [-0.4, -0.2) is 111 Å². The highest BCUT2D eigenvalue weighted by atomic mass is 32.2. The van der Waals surface area contributed by atoms with E-state index < -0.39 is 66.6 Å². The Morgan fingerprint density at radius 2 is 1.64 bits per heavy atom. The van der Waals surface area contributed by atoms with Gasteiger partial charge in [0.15, 0.2) is 6.29 Å². The molecule has 12 nitrogen and oxygen atoms in total. The van der Waals surface area contributed by atoms with Crippen molar-refractivity contribution in [2.24, 2.45) is 0 Å². The third-order valence-corrected chi connectivity index (χ3v) is 4.97. The number of likely N-dealkylation sites (N-methyl/N-ethyl adjacent to an activating group) is 1. The number of amides is 2. The molecule has 0 aliphatic carbocycles. The van der Waals surface area contributed by atoms with Gasteiger partial charge in [0.25, 0.3) is 0 Å². The molecule has 8 N–H and O–H groups in total. The predicted molar refractivity (Wildman–Crippen MR) is 97.3 cm³/mol. The standard InChI is InChI=1S/C15H27N3O9S/c1-5(16-2)12(22)18-7(13(23)17-6(4-28-3)14(24)25)11-9(20)8(19)10(21)15(26)27-11/h5-11,15-16,19-21,26H,4H2,1-3H3,(H,17,23)(H,18,22)(H,24,25)/t5-,6-,7?,8?,9?,10?,11?,15?/m0/s1. The molecule has 13 heteroatoms. The number of carboxylic acid groups (broad SMARTS) is 1. The van der Waals surface area contributed by atoms with E-state index in [1.54, 1.807) is 6.26 Å². The summed E-state index contributed by atoms with van der Waals surface area (Å²) < 4.78 is 5.03. The van der Waals surface area contributed by atoms with E-state index in [4.69, 9.17) is 4.74 Å². The van der Waals surface area contributed by atoms with E-state index in [-0.39, 0.29) is 5.75 Å². The molecule has 1 aliphatic rings. The number of aliphatic hydroxyl groups is 4.